The molecule has 7 nitrogen and oxygen atoms in total. The second-order valence-corrected chi connectivity index (χ2v) is 6.88. The number of benzene rings is 1. The first-order valence-electron chi connectivity index (χ1n) is 8.69. The molecule has 0 radical (unpaired) electrons. The van der Waals surface area contributed by atoms with Crippen molar-refractivity contribution in [3.8, 4) is 0 Å². The van der Waals surface area contributed by atoms with Crippen molar-refractivity contribution < 1.29 is 19.7 Å². The minimum Gasteiger partial charge on any atom is -0.426 e. The minimum atomic E-state index is -1.62. The lowest BCUT2D eigenvalue weighted by molar-refractivity contribution is -0.131. The van der Waals surface area contributed by atoms with Crippen LogP contribution in [0.2, 0.25) is 0 Å². The highest BCUT2D eigenvalue weighted by Crippen LogP contribution is 2.22. The monoisotopic (exact) mass is 355 g/mol. The molecule has 0 saturated carbocycles. The molecule has 2 aromatic rings. The Hall–Kier alpha value is -2.45. The first kappa shape index (κ1) is 18.3. The number of fused-ring (bicyclic) bond motifs is 1. The summed E-state index contributed by atoms with van der Waals surface area (Å²) in [5.74, 6) is -0.952. The Balaban J connectivity index is 1.70. The molecule has 136 valence electrons. The largest absolute Gasteiger partial charge is 0.475 e. The zero-order valence-electron chi connectivity index (χ0n) is 14.8. The predicted molar refractivity (Wildman–Crippen MR) is 99.3 cm³/mol. The summed E-state index contributed by atoms with van der Waals surface area (Å²) in [4.78, 5) is 22.1. The maximum absolute atomic E-state index is 12.4. The van der Waals surface area contributed by atoms with Crippen LogP contribution in [0.15, 0.2) is 41.7 Å². The van der Waals surface area contributed by atoms with E-state index < -0.39 is 25.1 Å². The summed E-state index contributed by atoms with van der Waals surface area (Å²) in [6, 6.07) is 9.73. The quantitative estimate of drug-likeness (QED) is 0.677. The number of hydrogen-bond acceptors (Lipinski definition) is 6. The number of nitrogens with one attached hydrogen (secondary N) is 1. The molecular formula is C18H22BN3O4. The fourth-order valence-electron chi connectivity index (χ4n) is 3.05. The first-order chi connectivity index (χ1) is 12.5. The summed E-state index contributed by atoms with van der Waals surface area (Å²) < 4.78 is 0. The third-order valence-electron chi connectivity index (χ3n) is 4.32. The zero-order valence-corrected chi connectivity index (χ0v) is 14.8. The number of carbonyl (C=O) groups excluding carboxylic acids is 1. The highest BCUT2D eigenvalue weighted by atomic mass is 16.6. The van der Waals surface area contributed by atoms with Gasteiger partial charge in [-0.15, -0.1) is 0 Å². The summed E-state index contributed by atoms with van der Waals surface area (Å²) in [5.41, 5.74) is 1.30. The van der Waals surface area contributed by atoms with Crippen LogP contribution in [0.3, 0.4) is 0 Å². The Morgan fingerprint density at radius 3 is 2.85 bits per heavy atom. The van der Waals surface area contributed by atoms with Crippen LogP contribution in [0.1, 0.15) is 32.4 Å². The van der Waals surface area contributed by atoms with Crippen molar-refractivity contribution in [1.29, 1.82) is 0 Å². The second kappa shape index (κ2) is 7.84. The van der Waals surface area contributed by atoms with Crippen molar-refractivity contribution in [2.75, 3.05) is 0 Å². The van der Waals surface area contributed by atoms with Crippen LogP contribution in [0, 0.1) is 5.92 Å². The number of nitrogens with zero attached hydrogens (tertiary/aromatic N) is 2. The summed E-state index contributed by atoms with van der Waals surface area (Å²) in [7, 11) is -1.62. The van der Waals surface area contributed by atoms with Gasteiger partial charge < -0.3 is 20.2 Å². The Bertz CT molecular complexity index is 820. The molecule has 2 atom stereocenters. The first-order valence-corrected chi connectivity index (χ1v) is 8.69. The van der Waals surface area contributed by atoms with E-state index >= 15 is 0 Å². The third-order valence-corrected chi connectivity index (χ3v) is 4.32. The number of oxime groups is 1. The van der Waals surface area contributed by atoms with Gasteiger partial charge >= 0.3 is 7.12 Å². The highest BCUT2D eigenvalue weighted by molar-refractivity contribution is 6.43. The van der Waals surface area contributed by atoms with E-state index in [4.69, 9.17) is 4.84 Å². The van der Waals surface area contributed by atoms with Gasteiger partial charge in [-0.2, -0.15) is 0 Å². The molecular weight excluding hydrogens is 333 g/mol. The van der Waals surface area contributed by atoms with Crippen LogP contribution in [0.5, 0.6) is 0 Å². The standard InChI is InChI=1S/C18H22BN3O4/c1-11(2)9-16(19(24)25)21-18(23)15-10-14(22-26-15)17-13-6-4-3-5-12(13)7-8-20-17/h3-8,11,15-16,24-25H,9-10H2,1-2H3,(H,21,23)/t15?,16-/m0/s1. The van der Waals surface area contributed by atoms with Crippen molar-refractivity contribution in [3.63, 3.8) is 0 Å². The van der Waals surface area contributed by atoms with Gasteiger partial charge in [-0.25, -0.2) is 0 Å². The molecule has 1 aromatic carbocycles. The van der Waals surface area contributed by atoms with Gasteiger partial charge in [0.2, 0.25) is 6.10 Å². The zero-order chi connectivity index (χ0) is 18.7. The smallest absolute Gasteiger partial charge is 0.426 e. The van der Waals surface area contributed by atoms with E-state index in [1.807, 2.05) is 44.2 Å². The molecule has 2 heterocycles. The molecule has 0 bridgehead atoms. The highest BCUT2D eigenvalue weighted by Gasteiger charge is 2.34. The SMILES string of the molecule is CC(C)C[C@H](NC(=O)C1CC(c2nccc3ccccc23)=NO1)B(O)O. The average Bonchev–Trinajstić information content (AvgIpc) is 3.10. The Morgan fingerprint density at radius 2 is 2.12 bits per heavy atom. The fraction of sp³-hybridized carbons (Fsp3) is 0.389. The molecule has 1 aromatic heterocycles. The van der Waals surface area contributed by atoms with E-state index in [2.05, 4.69) is 15.5 Å². The van der Waals surface area contributed by atoms with Crippen molar-refractivity contribution in [1.82, 2.24) is 10.3 Å². The summed E-state index contributed by atoms with van der Waals surface area (Å²) in [6.07, 6.45) is 1.63. The van der Waals surface area contributed by atoms with Gasteiger partial charge in [0.15, 0.2) is 0 Å². The van der Waals surface area contributed by atoms with Gasteiger partial charge in [-0.05, 0) is 23.8 Å². The van der Waals surface area contributed by atoms with Gasteiger partial charge in [0, 0.05) is 18.0 Å². The number of aromatic nitrogens is 1. The van der Waals surface area contributed by atoms with Gasteiger partial charge in [-0.1, -0.05) is 43.3 Å². The van der Waals surface area contributed by atoms with Gasteiger partial charge in [0.05, 0.1) is 11.6 Å². The molecule has 0 spiro atoms. The van der Waals surface area contributed by atoms with Crippen molar-refractivity contribution in [2.45, 2.75) is 38.7 Å². The van der Waals surface area contributed by atoms with E-state index in [1.165, 1.54) is 0 Å². The normalized spacial score (nSPS) is 17.7. The minimum absolute atomic E-state index is 0.207. The molecule has 0 fully saturated rings. The van der Waals surface area contributed by atoms with Crippen molar-refractivity contribution in [2.24, 2.45) is 11.1 Å². The molecule has 1 aliphatic heterocycles. The molecule has 0 saturated heterocycles. The summed E-state index contributed by atoms with van der Waals surface area (Å²) in [5, 5.41) is 27.6. The number of rotatable bonds is 6. The molecule has 3 N–H and O–H groups in total. The fourth-order valence-corrected chi connectivity index (χ4v) is 3.05. The van der Waals surface area contributed by atoms with E-state index in [0.29, 0.717) is 17.8 Å². The number of hydrogen-bond donors (Lipinski definition) is 3. The van der Waals surface area contributed by atoms with Crippen LogP contribution in [0.25, 0.3) is 10.8 Å². The molecule has 8 heteroatoms. The van der Waals surface area contributed by atoms with Crippen LogP contribution < -0.4 is 5.32 Å². The van der Waals surface area contributed by atoms with Crippen LogP contribution in [-0.2, 0) is 9.63 Å². The number of carbonyl (C=O) groups is 1. The Kier molecular flexibility index (Phi) is 5.53. The Labute approximate surface area is 152 Å². The maximum Gasteiger partial charge on any atom is 0.475 e. The molecule has 1 unspecified atom stereocenters. The number of amides is 1. The van der Waals surface area contributed by atoms with E-state index in [9.17, 15) is 14.8 Å². The van der Waals surface area contributed by atoms with Gasteiger partial charge in [0.25, 0.3) is 5.91 Å². The molecule has 26 heavy (non-hydrogen) atoms. The lowest BCUT2D eigenvalue weighted by atomic mass is 9.75. The summed E-state index contributed by atoms with van der Waals surface area (Å²) in [6.45, 7) is 3.89. The van der Waals surface area contributed by atoms with E-state index in [-0.39, 0.29) is 12.3 Å². The molecule has 3 rings (SSSR count). The Morgan fingerprint density at radius 1 is 1.35 bits per heavy atom. The third kappa shape index (κ3) is 4.03. The van der Waals surface area contributed by atoms with E-state index in [0.717, 1.165) is 10.8 Å². The predicted octanol–water partition coefficient (Wildman–Crippen LogP) is 1.27. The van der Waals surface area contributed by atoms with Crippen molar-refractivity contribution in [3.05, 3.63) is 42.2 Å². The maximum atomic E-state index is 12.4. The summed E-state index contributed by atoms with van der Waals surface area (Å²) >= 11 is 0. The van der Waals surface area contributed by atoms with Crippen molar-refractivity contribution >= 4 is 29.5 Å². The molecule has 0 aliphatic carbocycles. The van der Waals surface area contributed by atoms with Crippen LogP contribution >= 0.6 is 0 Å². The molecule has 1 aliphatic rings. The van der Waals surface area contributed by atoms with Crippen LogP contribution in [-0.4, -0.2) is 45.8 Å². The van der Waals surface area contributed by atoms with Gasteiger partial charge in [-0.3, -0.25) is 9.78 Å². The van der Waals surface area contributed by atoms with Crippen LogP contribution in [0.4, 0.5) is 0 Å². The average molecular weight is 355 g/mol. The second-order valence-electron chi connectivity index (χ2n) is 6.88. The molecule has 1 amide bonds. The van der Waals surface area contributed by atoms with E-state index in [1.54, 1.807) is 6.20 Å². The lowest BCUT2D eigenvalue weighted by Gasteiger charge is -2.20. The van der Waals surface area contributed by atoms with Gasteiger partial charge in [0.1, 0.15) is 5.71 Å². The topological polar surface area (TPSA) is 104 Å². The number of pyridine rings is 1. The lowest BCUT2D eigenvalue weighted by Crippen LogP contribution is -2.50.